The minimum Gasteiger partial charge on any atom is -0.485 e. The first-order valence-electron chi connectivity index (χ1n) is 7.69. The van der Waals surface area contributed by atoms with Gasteiger partial charge in [0.1, 0.15) is 11.9 Å². The number of aromatic nitrogens is 2. The Hall–Kier alpha value is -2.82. The third kappa shape index (κ3) is 2.77. The predicted octanol–water partition coefficient (Wildman–Crippen LogP) is 2.40. The third-order valence-corrected chi connectivity index (χ3v) is 4.15. The van der Waals surface area contributed by atoms with Crippen LogP contribution in [0, 0.1) is 0 Å². The van der Waals surface area contributed by atoms with Crippen LogP contribution in [0.15, 0.2) is 55.0 Å². The van der Waals surface area contributed by atoms with Crippen molar-refractivity contribution >= 4 is 16.8 Å². The second kappa shape index (κ2) is 5.76. The van der Waals surface area contributed by atoms with Gasteiger partial charge in [-0.2, -0.15) is 0 Å². The van der Waals surface area contributed by atoms with Gasteiger partial charge in [0.15, 0.2) is 0 Å². The fourth-order valence-corrected chi connectivity index (χ4v) is 2.88. The number of nitrogens with one attached hydrogen (secondary N) is 1. The smallest absolute Gasteiger partial charge is 0.227 e. The average molecular weight is 307 g/mol. The van der Waals surface area contributed by atoms with E-state index < -0.39 is 0 Å². The van der Waals surface area contributed by atoms with Crippen LogP contribution in [0.3, 0.4) is 0 Å². The first-order valence-corrected chi connectivity index (χ1v) is 7.69. The Labute approximate surface area is 133 Å². The number of benzene rings is 1. The molecular weight excluding hydrogens is 290 g/mol. The maximum atomic E-state index is 12.4. The molecule has 0 spiro atoms. The van der Waals surface area contributed by atoms with Crippen molar-refractivity contribution in [3.63, 3.8) is 0 Å². The Kier molecular flexibility index (Phi) is 3.46. The molecule has 1 aliphatic heterocycles. The van der Waals surface area contributed by atoms with E-state index >= 15 is 0 Å². The Morgan fingerprint density at radius 2 is 2.13 bits per heavy atom. The van der Waals surface area contributed by atoms with Gasteiger partial charge in [0.2, 0.25) is 5.91 Å². The summed E-state index contributed by atoms with van der Waals surface area (Å²) < 4.78 is 5.77. The highest BCUT2D eigenvalue weighted by atomic mass is 16.5. The molecule has 1 fully saturated rings. The quantitative estimate of drug-likeness (QED) is 0.805. The van der Waals surface area contributed by atoms with Crippen molar-refractivity contribution in [1.29, 1.82) is 0 Å². The fraction of sp³-hybridized carbons (Fsp3) is 0.222. The molecule has 0 atom stereocenters. The molecule has 1 aromatic carbocycles. The summed E-state index contributed by atoms with van der Waals surface area (Å²) in [6.45, 7) is 1.27. The van der Waals surface area contributed by atoms with E-state index in [1.807, 2.05) is 47.5 Å². The van der Waals surface area contributed by atoms with Crippen molar-refractivity contribution in [2.75, 3.05) is 13.1 Å². The monoisotopic (exact) mass is 307 g/mol. The first kappa shape index (κ1) is 13.8. The van der Waals surface area contributed by atoms with Crippen molar-refractivity contribution in [1.82, 2.24) is 14.9 Å². The number of H-pyrrole nitrogens is 1. The Morgan fingerprint density at radius 3 is 2.96 bits per heavy atom. The molecule has 0 aliphatic carbocycles. The second-order valence-electron chi connectivity index (χ2n) is 5.76. The van der Waals surface area contributed by atoms with Gasteiger partial charge in [0.05, 0.1) is 25.7 Å². The molecule has 1 N–H and O–H groups in total. The molecule has 5 heteroatoms. The molecule has 0 radical (unpaired) electrons. The van der Waals surface area contributed by atoms with Crippen LogP contribution in [-0.2, 0) is 11.2 Å². The number of carbonyl (C=O) groups is 1. The van der Waals surface area contributed by atoms with Crippen molar-refractivity contribution in [2.45, 2.75) is 12.5 Å². The van der Waals surface area contributed by atoms with Crippen LogP contribution in [-0.4, -0.2) is 40.0 Å². The molecule has 1 amide bonds. The standard InChI is InChI=1S/C18H17N3O2/c22-18(8-13-9-20-17-6-2-1-5-16(13)17)21-11-15(12-21)23-14-4-3-7-19-10-14/h1-7,9-10,15,20H,8,11-12H2. The van der Waals surface area contributed by atoms with Gasteiger partial charge in [-0.05, 0) is 23.8 Å². The van der Waals surface area contributed by atoms with Gasteiger partial charge in [0, 0.05) is 23.3 Å². The average Bonchev–Trinajstić information content (AvgIpc) is 2.94. The minimum absolute atomic E-state index is 0.0612. The molecule has 1 aliphatic rings. The zero-order valence-corrected chi connectivity index (χ0v) is 12.6. The molecule has 116 valence electrons. The number of amides is 1. The number of para-hydroxylation sites is 1. The van der Waals surface area contributed by atoms with Crippen molar-refractivity contribution in [3.8, 4) is 5.75 Å². The highest BCUT2D eigenvalue weighted by Crippen LogP contribution is 2.21. The maximum absolute atomic E-state index is 12.4. The molecule has 2 aromatic heterocycles. The summed E-state index contributed by atoms with van der Waals surface area (Å²) in [7, 11) is 0. The minimum atomic E-state index is 0.0612. The Balaban J connectivity index is 1.35. The van der Waals surface area contributed by atoms with E-state index in [-0.39, 0.29) is 12.0 Å². The van der Waals surface area contributed by atoms with Crippen LogP contribution in [0.2, 0.25) is 0 Å². The number of rotatable bonds is 4. The largest absolute Gasteiger partial charge is 0.485 e. The van der Waals surface area contributed by atoms with Crippen molar-refractivity contribution < 1.29 is 9.53 Å². The summed E-state index contributed by atoms with van der Waals surface area (Å²) >= 11 is 0. The van der Waals surface area contributed by atoms with Crippen molar-refractivity contribution in [2.24, 2.45) is 0 Å². The number of hydrogen-bond donors (Lipinski definition) is 1. The van der Waals surface area contributed by atoms with Gasteiger partial charge in [-0.25, -0.2) is 0 Å². The number of pyridine rings is 1. The number of carbonyl (C=O) groups excluding carboxylic acids is 1. The van der Waals surface area contributed by atoms with Crippen molar-refractivity contribution in [3.05, 3.63) is 60.6 Å². The fourth-order valence-electron chi connectivity index (χ4n) is 2.88. The van der Waals surface area contributed by atoms with E-state index in [0.717, 1.165) is 22.2 Å². The predicted molar refractivity (Wildman–Crippen MR) is 87.2 cm³/mol. The number of likely N-dealkylation sites (tertiary alicyclic amines) is 1. The molecule has 0 bridgehead atoms. The zero-order chi connectivity index (χ0) is 15.6. The van der Waals surface area contributed by atoms with E-state index in [0.29, 0.717) is 19.5 Å². The lowest BCUT2D eigenvalue weighted by Crippen LogP contribution is -2.56. The van der Waals surface area contributed by atoms with Gasteiger partial charge in [0.25, 0.3) is 0 Å². The molecule has 0 unspecified atom stereocenters. The first-order chi connectivity index (χ1) is 11.3. The van der Waals surface area contributed by atoms with E-state index in [4.69, 9.17) is 4.74 Å². The molecule has 5 nitrogen and oxygen atoms in total. The molecule has 4 rings (SSSR count). The second-order valence-corrected chi connectivity index (χ2v) is 5.76. The summed E-state index contributed by atoms with van der Waals surface area (Å²) in [5.74, 6) is 0.891. The summed E-state index contributed by atoms with van der Waals surface area (Å²) in [6, 6.07) is 11.8. The number of ether oxygens (including phenoxy) is 1. The number of nitrogens with zero attached hydrogens (tertiary/aromatic N) is 2. The van der Waals surface area contributed by atoms with Crippen LogP contribution in [0.5, 0.6) is 5.75 Å². The van der Waals surface area contributed by atoms with E-state index in [1.165, 1.54) is 0 Å². The number of aromatic amines is 1. The third-order valence-electron chi connectivity index (χ3n) is 4.15. The lowest BCUT2D eigenvalue weighted by atomic mass is 10.1. The highest BCUT2D eigenvalue weighted by molar-refractivity contribution is 5.89. The molecule has 3 aromatic rings. The van der Waals surface area contributed by atoms with Gasteiger partial charge in [-0.15, -0.1) is 0 Å². The molecule has 3 heterocycles. The summed E-state index contributed by atoms with van der Waals surface area (Å²) in [4.78, 5) is 21.4. The summed E-state index contributed by atoms with van der Waals surface area (Å²) in [5.41, 5.74) is 2.11. The van der Waals surface area contributed by atoms with Crippen LogP contribution in [0.25, 0.3) is 10.9 Å². The molecule has 23 heavy (non-hydrogen) atoms. The maximum Gasteiger partial charge on any atom is 0.227 e. The normalized spacial score (nSPS) is 14.7. The Morgan fingerprint density at radius 1 is 1.26 bits per heavy atom. The van der Waals surface area contributed by atoms with Crippen LogP contribution < -0.4 is 4.74 Å². The highest BCUT2D eigenvalue weighted by Gasteiger charge is 2.32. The van der Waals surface area contributed by atoms with Gasteiger partial charge < -0.3 is 14.6 Å². The lowest BCUT2D eigenvalue weighted by molar-refractivity contribution is -0.139. The molecule has 0 saturated carbocycles. The van der Waals surface area contributed by atoms with Gasteiger partial charge >= 0.3 is 0 Å². The SMILES string of the molecule is O=C(Cc1c[nH]c2ccccc12)N1CC(Oc2cccnc2)C1. The van der Waals surface area contributed by atoms with Crippen LogP contribution in [0.4, 0.5) is 0 Å². The topological polar surface area (TPSA) is 58.2 Å². The van der Waals surface area contributed by atoms with E-state index in [2.05, 4.69) is 9.97 Å². The van der Waals surface area contributed by atoms with Crippen LogP contribution in [0.1, 0.15) is 5.56 Å². The lowest BCUT2D eigenvalue weighted by Gasteiger charge is -2.39. The number of hydrogen-bond acceptors (Lipinski definition) is 3. The van der Waals surface area contributed by atoms with E-state index in [1.54, 1.807) is 12.4 Å². The van der Waals surface area contributed by atoms with Gasteiger partial charge in [-0.3, -0.25) is 9.78 Å². The summed E-state index contributed by atoms with van der Waals surface area (Å²) in [6.07, 6.45) is 5.81. The number of fused-ring (bicyclic) bond motifs is 1. The molecular formula is C18H17N3O2. The van der Waals surface area contributed by atoms with E-state index in [9.17, 15) is 4.79 Å². The van der Waals surface area contributed by atoms with Gasteiger partial charge in [-0.1, -0.05) is 18.2 Å². The van der Waals surface area contributed by atoms with Crippen LogP contribution >= 0.6 is 0 Å². The zero-order valence-electron chi connectivity index (χ0n) is 12.6. The Bertz CT molecular complexity index is 822. The molecule has 1 saturated heterocycles. The summed E-state index contributed by atoms with van der Waals surface area (Å²) in [5, 5.41) is 1.12.